The molecule has 249 valence electrons. The van der Waals surface area contributed by atoms with Crippen LogP contribution in [-0.4, -0.2) is 60.6 Å². The first kappa shape index (κ1) is 36.8. The van der Waals surface area contributed by atoms with Crippen molar-refractivity contribution in [3.8, 4) is 34.0 Å². The largest absolute Gasteiger partial charge is 1.00 e. The molecule has 1 aromatic carbocycles. The molecule has 1 N–H and O–H groups in total. The maximum Gasteiger partial charge on any atom is 1.00 e. The zero-order valence-corrected chi connectivity index (χ0v) is 28.6. The summed E-state index contributed by atoms with van der Waals surface area (Å²) in [5.41, 5.74) is 6.09. The third-order valence-corrected chi connectivity index (χ3v) is 6.92. The molecule has 0 saturated carbocycles. The van der Waals surface area contributed by atoms with Crippen LogP contribution < -0.4 is 5.32 Å². The second kappa shape index (κ2) is 19.7. The Hall–Kier alpha value is -6.06. The smallest absolute Gasteiger partial charge is 0.354 e. The van der Waals surface area contributed by atoms with Crippen molar-refractivity contribution in [2.75, 3.05) is 13.1 Å². The number of rotatable bonds is 8. The molecule has 0 spiro atoms. The minimum atomic E-state index is -0.353. The van der Waals surface area contributed by atoms with Crippen LogP contribution in [0.3, 0.4) is 0 Å². The van der Waals surface area contributed by atoms with Gasteiger partial charge in [0.2, 0.25) is 5.91 Å². The minimum absolute atomic E-state index is 0. The van der Waals surface area contributed by atoms with E-state index >= 15 is 0 Å². The van der Waals surface area contributed by atoms with E-state index in [9.17, 15) is 14.4 Å². The van der Waals surface area contributed by atoms with Crippen molar-refractivity contribution in [3.05, 3.63) is 164 Å². The second-order valence-corrected chi connectivity index (χ2v) is 10.4. The summed E-state index contributed by atoms with van der Waals surface area (Å²) in [4.78, 5) is 57.1. The Kier molecular flexibility index (Phi) is 14.5. The fourth-order valence-corrected chi connectivity index (χ4v) is 4.55. The minimum Gasteiger partial charge on any atom is -0.354 e. The number of carbonyl (C=O) groups is 3. The predicted octanol–water partition coefficient (Wildman–Crippen LogP) is 5.42. The fourth-order valence-electron chi connectivity index (χ4n) is 4.55. The molecule has 1 aliphatic rings. The molecule has 0 saturated heterocycles. The quantitative estimate of drug-likeness (QED) is 0.124. The molecular weight excluding hydrogens is 716 g/mol. The molecule has 10 nitrogen and oxygen atoms in total. The summed E-state index contributed by atoms with van der Waals surface area (Å²) in [6.45, 7) is 0.377. The van der Waals surface area contributed by atoms with E-state index in [0.29, 0.717) is 5.69 Å². The van der Waals surface area contributed by atoms with Crippen LogP contribution in [0.15, 0.2) is 152 Å². The zero-order chi connectivity index (χ0) is 34.1. The van der Waals surface area contributed by atoms with E-state index in [4.69, 9.17) is 0 Å². The Bertz CT molecular complexity index is 1800. The van der Waals surface area contributed by atoms with Gasteiger partial charge in [-0.05, 0) is 65.9 Å². The molecule has 5 aromatic heterocycles. The number of pyridine rings is 5. The number of hydrogen-bond acceptors (Lipinski definition) is 8. The van der Waals surface area contributed by atoms with Crippen molar-refractivity contribution < 1.29 is 33.9 Å². The summed E-state index contributed by atoms with van der Waals surface area (Å²) < 4.78 is 0. The van der Waals surface area contributed by atoms with Gasteiger partial charge < -0.3 is 10.3 Å². The van der Waals surface area contributed by atoms with Crippen LogP contribution in [0.5, 0.6) is 0 Å². The van der Waals surface area contributed by atoms with Gasteiger partial charge in [-0.25, -0.2) is 0 Å². The van der Waals surface area contributed by atoms with E-state index in [0.717, 1.165) is 38.8 Å². The summed E-state index contributed by atoms with van der Waals surface area (Å²) in [6, 6.07) is 37.5. The van der Waals surface area contributed by atoms with Gasteiger partial charge in [0.15, 0.2) is 0 Å². The molecule has 0 atom stereocenters. The summed E-state index contributed by atoms with van der Waals surface area (Å²) in [5, 5.41) is 2.71. The van der Waals surface area contributed by atoms with Crippen LogP contribution in [0.25, 0.3) is 34.0 Å². The van der Waals surface area contributed by atoms with E-state index < -0.39 is 0 Å². The average molecular weight is 748 g/mol. The first-order chi connectivity index (χ1) is 24.1. The van der Waals surface area contributed by atoms with Crippen molar-refractivity contribution in [2.45, 2.75) is 6.42 Å². The maximum atomic E-state index is 12.0. The Balaban J connectivity index is 0.000000187. The third-order valence-electron chi connectivity index (χ3n) is 6.92. The molecule has 7 rings (SSSR count). The fraction of sp³-hybridized carbons (Fsp3) is 0.0769. The molecule has 0 bridgehead atoms. The molecule has 6 heterocycles. The van der Waals surface area contributed by atoms with Gasteiger partial charge in [-0.3, -0.25) is 39.2 Å². The van der Waals surface area contributed by atoms with Gasteiger partial charge in [-0.2, -0.15) is 0 Å². The monoisotopic (exact) mass is 748 g/mol. The molecule has 1 aliphatic heterocycles. The molecular formula is C39H32N7O3Ru. The number of nitrogens with zero attached hydrogens (tertiary/aromatic N) is 6. The SMILES string of the molecule is O=C(Cc1ccnc(-c2ccccn2)c1)NCCN1C(=O)C=CC1=O.[Ru+].[c-]1ccccc1-c1ccccn1.c1ccc(-c2ccccn2)nc1. The Morgan fingerprint density at radius 1 is 0.600 bits per heavy atom. The number of benzene rings is 1. The summed E-state index contributed by atoms with van der Waals surface area (Å²) in [5.74, 6) is -0.896. The molecule has 11 heteroatoms. The molecule has 6 aromatic rings. The molecule has 3 amide bonds. The van der Waals surface area contributed by atoms with E-state index in [1.807, 2.05) is 103 Å². The van der Waals surface area contributed by atoms with Gasteiger partial charge in [0, 0.05) is 56.2 Å². The van der Waals surface area contributed by atoms with Crippen LogP contribution in [0, 0.1) is 6.07 Å². The van der Waals surface area contributed by atoms with E-state index in [1.165, 1.54) is 12.2 Å². The number of imide groups is 1. The van der Waals surface area contributed by atoms with E-state index in [1.54, 1.807) is 37.1 Å². The first-order valence-electron chi connectivity index (χ1n) is 15.4. The molecule has 1 radical (unpaired) electrons. The van der Waals surface area contributed by atoms with Gasteiger partial charge in [-0.1, -0.05) is 30.3 Å². The number of carbonyl (C=O) groups excluding carboxylic acids is 3. The molecule has 0 fully saturated rings. The summed E-state index contributed by atoms with van der Waals surface area (Å²) in [7, 11) is 0. The number of hydrogen-bond donors (Lipinski definition) is 1. The van der Waals surface area contributed by atoms with Crippen LogP contribution in [0.2, 0.25) is 0 Å². The number of amides is 3. The van der Waals surface area contributed by atoms with Crippen molar-refractivity contribution >= 4 is 17.7 Å². The maximum absolute atomic E-state index is 12.0. The van der Waals surface area contributed by atoms with Gasteiger partial charge in [0.25, 0.3) is 11.8 Å². The van der Waals surface area contributed by atoms with Crippen LogP contribution in [-0.2, 0) is 40.3 Å². The van der Waals surface area contributed by atoms with E-state index in [2.05, 4.69) is 36.3 Å². The van der Waals surface area contributed by atoms with Crippen LogP contribution in [0.1, 0.15) is 5.56 Å². The van der Waals surface area contributed by atoms with Crippen LogP contribution in [0.4, 0.5) is 0 Å². The molecule has 0 unspecified atom stereocenters. The van der Waals surface area contributed by atoms with E-state index in [-0.39, 0.29) is 56.7 Å². The third kappa shape index (κ3) is 11.3. The van der Waals surface area contributed by atoms with Crippen molar-refractivity contribution in [2.24, 2.45) is 0 Å². The van der Waals surface area contributed by atoms with Crippen molar-refractivity contribution in [1.82, 2.24) is 35.1 Å². The normalized spacial score (nSPS) is 11.3. The van der Waals surface area contributed by atoms with Crippen molar-refractivity contribution in [1.29, 1.82) is 0 Å². The molecule has 50 heavy (non-hydrogen) atoms. The van der Waals surface area contributed by atoms with Gasteiger partial charge in [-0.15, -0.1) is 35.9 Å². The summed E-state index contributed by atoms with van der Waals surface area (Å²) >= 11 is 0. The summed E-state index contributed by atoms with van der Waals surface area (Å²) in [6.07, 6.45) is 11.3. The predicted molar refractivity (Wildman–Crippen MR) is 186 cm³/mol. The second-order valence-electron chi connectivity index (χ2n) is 10.4. The van der Waals surface area contributed by atoms with Gasteiger partial charge in [0.1, 0.15) is 0 Å². The van der Waals surface area contributed by atoms with Gasteiger partial charge in [0.05, 0.1) is 29.2 Å². The molecule has 0 aliphatic carbocycles. The Morgan fingerprint density at radius 2 is 1.10 bits per heavy atom. The van der Waals surface area contributed by atoms with Gasteiger partial charge >= 0.3 is 19.5 Å². The Morgan fingerprint density at radius 3 is 1.60 bits per heavy atom. The zero-order valence-electron chi connectivity index (χ0n) is 26.8. The van der Waals surface area contributed by atoms with Crippen LogP contribution >= 0.6 is 0 Å². The average Bonchev–Trinajstić information content (AvgIpc) is 3.50. The number of aromatic nitrogens is 5. The van der Waals surface area contributed by atoms with Crippen molar-refractivity contribution in [3.63, 3.8) is 0 Å². The topological polar surface area (TPSA) is 131 Å². The number of nitrogens with one attached hydrogen (secondary N) is 1. The Labute approximate surface area is 303 Å². The standard InChI is InChI=1S/C18H16N4O3.C11H8N.C10H8N2.Ru/c23-16(21-9-10-22-17(24)4-5-18(22)25)12-13-6-8-20-15(11-13)14-3-1-2-7-19-14;1-2-6-10(7-3-1)11-8-4-5-9-12-11;1-3-7-11-9(5-1)10-6-2-4-8-12-10;/h1-8,11H,9-10,12H2,(H,21,23);1-6,8-9H;1-8H;/q;-1;;+1. The first-order valence-corrected chi connectivity index (χ1v) is 15.4.